The van der Waals surface area contributed by atoms with Crippen molar-refractivity contribution in [2.45, 2.75) is 6.36 Å². The summed E-state index contributed by atoms with van der Waals surface area (Å²) in [7, 11) is 0. The second kappa shape index (κ2) is 3.84. The van der Waals surface area contributed by atoms with Gasteiger partial charge in [-0.15, -0.1) is 13.2 Å². The van der Waals surface area contributed by atoms with E-state index in [0.717, 1.165) is 6.07 Å². The molecule has 82 valence electrons. The third kappa shape index (κ3) is 2.90. The van der Waals surface area contributed by atoms with Gasteiger partial charge in [0, 0.05) is 0 Å². The van der Waals surface area contributed by atoms with E-state index in [1.165, 1.54) is 0 Å². The van der Waals surface area contributed by atoms with Crippen LogP contribution < -0.4 is 4.74 Å². The number of carbonyl (C=O) groups excluding carboxylic acids is 1. The van der Waals surface area contributed by atoms with Gasteiger partial charge in [0.25, 0.3) is 0 Å². The molecule has 0 saturated heterocycles. The van der Waals surface area contributed by atoms with E-state index in [2.05, 4.69) is 4.74 Å². The minimum absolute atomic E-state index is 0.634. The molecule has 0 bridgehead atoms. The Morgan fingerprint density at radius 2 is 1.87 bits per heavy atom. The van der Waals surface area contributed by atoms with E-state index in [1.807, 2.05) is 0 Å². The Hall–Kier alpha value is -1.66. The summed E-state index contributed by atoms with van der Waals surface area (Å²) in [5, 5.41) is 0. The molecule has 0 aliphatic heterocycles. The Morgan fingerprint density at radius 3 is 2.33 bits per heavy atom. The van der Waals surface area contributed by atoms with Crippen molar-refractivity contribution in [2.24, 2.45) is 0 Å². The van der Waals surface area contributed by atoms with Crippen LogP contribution in [-0.2, 0) is 0 Å². The molecule has 7 heteroatoms. The minimum Gasteiger partial charge on any atom is -0.403 e. The van der Waals surface area contributed by atoms with Gasteiger partial charge >= 0.3 is 12.4 Å². The van der Waals surface area contributed by atoms with E-state index in [0.29, 0.717) is 12.1 Å². The molecule has 0 aliphatic rings. The lowest BCUT2D eigenvalue weighted by molar-refractivity contribution is -0.275. The Bertz CT molecular complexity index is 385. The van der Waals surface area contributed by atoms with Crippen LogP contribution in [0.25, 0.3) is 0 Å². The van der Waals surface area contributed by atoms with Gasteiger partial charge in [-0.05, 0) is 12.1 Å². The Kier molecular flexibility index (Phi) is 2.92. The first-order valence-electron chi connectivity index (χ1n) is 3.55. The zero-order valence-corrected chi connectivity index (χ0v) is 6.94. The lowest BCUT2D eigenvalue weighted by Gasteiger charge is -2.09. The molecule has 15 heavy (non-hydrogen) atoms. The summed E-state index contributed by atoms with van der Waals surface area (Å²) >= 11 is 0. The topological polar surface area (TPSA) is 26.3 Å². The third-order valence-corrected chi connectivity index (χ3v) is 1.40. The van der Waals surface area contributed by atoms with E-state index in [4.69, 9.17) is 0 Å². The van der Waals surface area contributed by atoms with E-state index >= 15 is 0 Å². The van der Waals surface area contributed by atoms with Crippen molar-refractivity contribution >= 4 is 6.04 Å². The van der Waals surface area contributed by atoms with Crippen LogP contribution in [0.3, 0.4) is 0 Å². The number of benzene rings is 1. The zero-order valence-electron chi connectivity index (χ0n) is 6.94. The molecular weight excluding hydrogens is 223 g/mol. The predicted molar refractivity (Wildman–Crippen MR) is 38.5 cm³/mol. The molecule has 0 aliphatic carbocycles. The quantitative estimate of drug-likeness (QED) is 0.572. The van der Waals surface area contributed by atoms with Gasteiger partial charge in [0.05, 0.1) is 5.56 Å². The molecular formula is C8H3F5O2. The number of ether oxygens (including phenoxy) is 1. The highest BCUT2D eigenvalue weighted by Gasteiger charge is 2.33. The number of rotatable bonds is 2. The SMILES string of the molecule is O=C(F)c1cccc(OC(F)(F)F)c1F. The van der Waals surface area contributed by atoms with Gasteiger partial charge < -0.3 is 4.74 Å². The molecule has 0 amide bonds. The first-order valence-corrected chi connectivity index (χ1v) is 3.55. The van der Waals surface area contributed by atoms with Crippen LogP contribution in [-0.4, -0.2) is 12.4 Å². The molecule has 0 N–H and O–H groups in total. The summed E-state index contributed by atoms with van der Waals surface area (Å²) in [6.45, 7) is 0. The Morgan fingerprint density at radius 1 is 1.27 bits per heavy atom. The summed E-state index contributed by atoms with van der Waals surface area (Å²) in [5.41, 5.74) is -1.10. The normalized spacial score (nSPS) is 11.3. The summed E-state index contributed by atoms with van der Waals surface area (Å²) in [6.07, 6.45) is -5.10. The van der Waals surface area contributed by atoms with Gasteiger partial charge in [0.15, 0.2) is 11.6 Å². The number of carbonyl (C=O) groups is 1. The molecule has 0 saturated carbocycles. The van der Waals surface area contributed by atoms with Gasteiger partial charge in [-0.1, -0.05) is 6.07 Å². The van der Waals surface area contributed by atoms with Crippen molar-refractivity contribution in [1.29, 1.82) is 0 Å². The van der Waals surface area contributed by atoms with Crippen LogP contribution in [0.5, 0.6) is 5.75 Å². The Balaban J connectivity index is 3.10. The number of hydrogen-bond acceptors (Lipinski definition) is 2. The second-order valence-electron chi connectivity index (χ2n) is 2.44. The fourth-order valence-corrected chi connectivity index (χ4v) is 0.866. The van der Waals surface area contributed by atoms with Crippen LogP contribution in [0.1, 0.15) is 10.4 Å². The predicted octanol–water partition coefficient (Wildman–Crippen LogP) is 2.83. The first-order chi connectivity index (χ1) is 6.81. The van der Waals surface area contributed by atoms with Crippen LogP contribution in [0.2, 0.25) is 0 Å². The van der Waals surface area contributed by atoms with Crippen molar-refractivity contribution in [2.75, 3.05) is 0 Å². The van der Waals surface area contributed by atoms with Crippen molar-refractivity contribution in [3.8, 4) is 5.75 Å². The van der Waals surface area contributed by atoms with Crippen molar-refractivity contribution in [3.05, 3.63) is 29.6 Å². The fraction of sp³-hybridized carbons (Fsp3) is 0.125. The third-order valence-electron chi connectivity index (χ3n) is 1.40. The second-order valence-corrected chi connectivity index (χ2v) is 2.44. The highest BCUT2D eigenvalue weighted by Crippen LogP contribution is 2.27. The molecule has 1 aromatic carbocycles. The summed E-state index contributed by atoms with van der Waals surface area (Å²) in [4.78, 5) is 10.1. The van der Waals surface area contributed by atoms with E-state index in [9.17, 15) is 26.7 Å². The maximum atomic E-state index is 13.0. The van der Waals surface area contributed by atoms with Crippen LogP contribution in [0.15, 0.2) is 18.2 Å². The summed E-state index contributed by atoms with van der Waals surface area (Å²) in [5.74, 6) is -2.92. The van der Waals surface area contributed by atoms with Crippen molar-refractivity contribution in [3.63, 3.8) is 0 Å². The zero-order chi connectivity index (χ0) is 11.6. The molecule has 0 atom stereocenters. The molecule has 1 aromatic rings. The van der Waals surface area contributed by atoms with Crippen LogP contribution in [0.4, 0.5) is 22.0 Å². The average Bonchev–Trinajstić information content (AvgIpc) is 2.05. The van der Waals surface area contributed by atoms with E-state index in [-0.39, 0.29) is 0 Å². The summed E-state index contributed by atoms with van der Waals surface area (Å²) < 4.78 is 63.3. The van der Waals surface area contributed by atoms with Crippen molar-refractivity contribution < 1.29 is 31.5 Å². The molecule has 0 spiro atoms. The first kappa shape index (κ1) is 11.4. The average molecular weight is 226 g/mol. The molecule has 2 nitrogen and oxygen atoms in total. The lowest BCUT2D eigenvalue weighted by Crippen LogP contribution is -2.18. The Labute approximate surface area is 80.3 Å². The largest absolute Gasteiger partial charge is 0.573 e. The van der Waals surface area contributed by atoms with Gasteiger partial charge in [-0.2, -0.15) is 4.39 Å². The van der Waals surface area contributed by atoms with Crippen LogP contribution >= 0.6 is 0 Å². The number of alkyl halides is 3. The summed E-state index contributed by atoms with van der Waals surface area (Å²) in [6, 6.07) is 0.0489. The standard InChI is InChI=1S/C8H3F5O2/c9-6-4(7(10)14)2-1-3-5(6)15-8(11,12)13/h1-3H. The maximum absolute atomic E-state index is 13.0. The van der Waals surface area contributed by atoms with Crippen LogP contribution in [0, 0.1) is 5.82 Å². The fourth-order valence-electron chi connectivity index (χ4n) is 0.866. The van der Waals surface area contributed by atoms with Gasteiger partial charge in [-0.25, -0.2) is 4.39 Å². The van der Waals surface area contributed by atoms with Gasteiger partial charge in [0.2, 0.25) is 0 Å². The van der Waals surface area contributed by atoms with Gasteiger partial charge in [0.1, 0.15) is 0 Å². The number of hydrogen-bond donors (Lipinski definition) is 0. The monoisotopic (exact) mass is 226 g/mol. The van der Waals surface area contributed by atoms with E-state index < -0.39 is 29.5 Å². The van der Waals surface area contributed by atoms with Crippen molar-refractivity contribution in [1.82, 2.24) is 0 Å². The molecule has 1 rings (SSSR count). The van der Waals surface area contributed by atoms with E-state index in [1.54, 1.807) is 0 Å². The smallest absolute Gasteiger partial charge is 0.403 e. The number of halogens is 5. The molecule has 0 radical (unpaired) electrons. The molecule has 0 aromatic heterocycles. The highest BCUT2D eigenvalue weighted by molar-refractivity contribution is 5.89. The highest BCUT2D eigenvalue weighted by atomic mass is 19.4. The molecule has 0 fully saturated rings. The van der Waals surface area contributed by atoms with Gasteiger partial charge in [-0.3, -0.25) is 4.79 Å². The minimum atomic E-state index is -5.10. The lowest BCUT2D eigenvalue weighted by atomic mass is 10.2. The maximum Gasteiger partial charge on any atom is 0.573 e. The molecule has 0 unspecified atom stereocenters. The molecule has 0 heterocycles.